The fraction of sp³-hybridized carbons (Fsp3) is 0.294. The molecule has 0 aliphatic carbocycles. The van der Waals surface area contributed by atoms with Crippen LogP contribution in [0, 0.1) is 0 Å². The molecule has 2 aromatic rings. The molecule has 7 nitrogen and oxygen atoms in total. The smallest absolute Gasteiger partial charge is 0.341 e. The van der Waals surface area contributed by atoms with E-state index in [1.807, 2.05) is 0 Å². The normalized spacial score (nSPS) is 15.2. The lowest BCUT2D eigenvalue weighted by Gasteiger charge is -2.15. The number of aromatic nitrogens is 1. The molecule has 132 valence electrons. The molecule has 1 aromatic carbocycles. The van der Waals surface area contributed by atoms with Crippen molar-refractivity contribution in [1.82, 2.24) is 9.29 Å². The second kappa shape index (κ2) is 6.81. The summed E-state index contributed by atoms with van der Waals surface area (Å²) in [5.74, 6) is -1.11. The van der Waals surface area contributed by atoms with Crippen LogP contribution in [0.3, 0.4) is 0 Å². The summed E-state index contributed by atoms with van der Waals surface area (Å²) >= 11 is 0. The Morgan fingerprint density at radius 3 is 2.36 bits per heavy atom. The molecule has 0 amide bonds. The zero-order chi connectivity index (χ0) is 18.0. The summed E-state index contributed by atoms with van der Waals surface area (Å²) in [5.41, 5.74) is 1.20. The molecule has 0 saturated carbocycles. The number of ether oxygens (including phenoxy) is 1. The minimum absolute atomic E-state index is 0.0319. The van der Waals surface area contributed by atoms with Crippen molar-refractivity contribution in [3.63, 3.8) is 0 Å². The predicted octanol–water partition coefficient (Wildman–Crippen LogP) is 2.24. The van der Waals surface area contributed by atoms with Gasteiger partial charge in [-0.1, -0.05) is 12.1 Å². The minimum atomic E-state index is -3.47. The molecule has 1 aromatic heterocycles. The van der Waals surface area contributed by atoms with Crippen LogP contribution in [0.4, 0.5) is 0 Å². The average molecular weight is 362 g/mol. The zero-order valence-corrected chi connectivity index (χ0v) is 14.5. The molecule has 8 heteroatoms. The van der Waals surface area contributed by atoms with Crippen molar-refractivity contribution >= 4 is 16.0 Å². The van der Waals surface area contributed by atoms with Crippen molar-refractivity contribution in [2.24, 2.45) is 0 Å². The number of carboxylic acids is 1. The first-order valence-corrected chi connectivity index (χ1v) is 9.25. The van der Waals surface area contributed by atoms with E-state index in [0.29, 0.717) is 24.2 Å². The number of hydrogen-bond acceptors (Lipinski definition) is 5. The third kappa shape index (κ3) is 3.35. The number of carboxylic acid groups (broad SMARTS) is 1. The van der Waals surface area contributed by atoms with Crippen LogP contribution in [-0.4, -0.2) is 49.0 Å². The number of aromatic carboxylic acids is 1. The highest BCUT2D eigenvalue weighted by molar-refractivity contribution is 7.89. The van der Waals surface area contributed by atoms with Crippen LogP contribution in [0.1, 0.15) is 23.2 Å². The van der Waals surface area contributed by atoms with Crippen LogP contribution in [-0.2, 0) is 10.0 Å². The van der Waals surface area contributed by atoms with Crippen LogP contribution < -0.4 is 4.74 Å². The largest absolute Gasteiger partial charge is 0.480 e. The van der Waals surface area contributed by atoms with Crippen LogP contribution in [0.25, 0.3) is 11.1 Å². The van der Waals surface area contributed by atoms with Crippen LogP contribution in [0.15, 0.2) is 41.4 Å². The maximum Gasteiger partial charge on any atom is 0.341 e. The highest BCUT2D eigenvalue weighted by Crippen LogP contribution is 2.27. The summed E-state index contributed by atoms with van der Waals surface area (Å²) in [7, 11) is -2.11. The van der Waals surface area contributed by atoms with E-state index in [4.69, 9.17) is 4.74 Å². The van der Waals surface area contributed by atoms with Crippen molar-refractivity contribution in [2.75, 3.05) is 20.2 Å². The lowest BCUT2D eigenvalue weighted by molar-refractivity contribution is 0.0692. The van der Waals surface area contributed by atoms with E-state index in [9.17, 15) is 18.3 Å². The predicted molar refractivity (Wildman–Crippen MR) is 91.2 cm³/mol. The van der Waals surface area contributed by atoms with E-state index in [2.05, 4.69) is 4.98 Å². The van der Waals surface area contributed by atoms with Gasteiger partial charge in [-0.15, -0.1) is 0 Å². The Bertz CT molecular complexity index is 888. The van der Waals surface area contributed by atoms with Gasteiger partial charge in [-0.3, -0.25) is 0 Å². The highest BCUT2D eigenvalue weighted by Gasteiger charge is 2.27. The number of sulfonamides is 1. The Balaban J connectivity index is 1.93. The molecule has 1 fully saturated rings. The van der Waals surface area contributed by atoms with Crippen LogP contribution >= 0.6 is 0 Å². The van der Waals surface area contributed by atoms with E-state index in [-0.39, 0.29) is 16.3 Å². The molecule has 1 saturated heterocycles. The summed E-state index contributed by atoms with van der Waals surface area (Å²) in [6.07, 6.45) is 3.26. The minimum Gasteiger partial charge on any atom is -0.480 e. The van der Waals surface area contributed by atoms with E-state index in [1.54, 1.807) is 12.1 Å². The summed E-state index contributed by atoms with van der Waals surface area (Å²) in [5, 5.41) is 9.24. The number of nitrogens with zero attached hydrogens (tertiary/aromatic N) is 2. The van der Waals surface area contributed by atoms with Gasteiger partial charge in [0, 0.05) is 24.8 Å². The van der Waals surface area contributed by atoms with Crippen molar-refractivity contribution in [3.8, 4) is 17.0 Å². The Morgan fingerprint density at radius 2 is 1.80 bits per heavy atom. The standard InChI is InChI=1S/C17H18N2O5S/c1-24-16-15(17(20)21)10-13(11-18-16)12-4-6-14(7-5-12)25(22,23)19-8-2-3-9-19/h4-7,10-11H,2-3,8-9H2,1H3,(H,20,21). The molecular formula is C17H18N2O5S. The molecule has 3 rings (SSSR count). The fourth-order valence-electron chi connectivity index (χ4n) is 2.82. The van der Waals surface area contributed by atoms with Gasteiger partial charge in [0.05, 0.1) is 12.0 Å². The third-order valence-electron chi connectivity index (χ3n) is 4.17. The summed E-state index contributed by atoms with van der Waals surface area (Å²) < 4.78 is 31.5. The van der Waals surface area contributed by atoms with Gasteiger partial charge in [-0.05, 0) is 36.6 Å². The molecule has 1 aliphatic rings. The van der Waals surface area contributed by atoms with E-state index in [1.165, 1.54) is 35.8 Å². The first-order valence-electron chi connectivity index (χ1n) is 7.81. The summed E-state index contributed by atoms with van der Waals surface area (Å²) in [6, 6.07) is 7.83. The zero-order valence-electron chi connectivity index (χ0n) is 13.7. The molecule has 0 radical (unpaired) electrons. The number of methoxy groups -OCH3 is 1. The van der Waals surface area contributed by atoms with E-state index in [0.717, 1.165) is 12.8 Å². The van der Waals surface area contributed by atoms with Crippen molar-refractivity contribution < 1.29 is 23.1 Å². The van der Waals surface area contributed by atoms with Crippen molar-refractivity contribution in [1.29, 1.82) is 0 Å². The van der Waals surface area contributed by atoms with Gasteiger partial charge in [0.25, 0.3) is 0 Å². The topological polar surface area (TPSA) is 96.8 Å². The Hall–Kier alpha value is -2.45. The van der Waals surface area contributed by atoms with Gasteiger partial charge in [0.2, 0.25) is 15.9 Å². The van der Waals surface area contributed by atoms with E-state index < -0.39 is 16.0 Å². The molecule has 0 unspecified atom stereocenters. The number of pyridine rings is 1. The third-order valence-corrected chi connectivity index (χ3v) is 6.08. The molecule has 0 bridgehead atoms. The summed E-state index contributed by atoms with van der Waals surface area (Å²) in [4.78, 5) is 15.5. The molecule has 25 heavy (non-hydrogen) atoms. The number of carbonyl (C=O) groups is 1. The van der Waals surface area contributed by atoms with Crippen LogP contribution in [0.5, 0.6) is 5.88 Å². The van der Waals surface area contributed by atoms with Gasteiger partial charge in [0.15, 0.2) is 0 Å². The lowest BCUT2D eigenvalue weighted by atomic mass is 10.1. The SMILES string of the molecule is COc1ncc(-c2ccc(S(=O)(=O)N3CCCC3)cc2)cc1C(=O)O. The summed E-state index contributed by atoms with van der Waals surface area (Å²) in [6.45, 7) is 1.10. The Labute approximate surface area is 145 Å². The fourth-order valence-corrected chi connectivity index (χ4v) is 4.34. The second-order valence-corrected chi connectivity index (χ2v) is 7.66. The van der Waals surface area contributed by atoms with E-state index >= 15 is 0 Å². The first-order chi connectivity index (χ1) is 11.9. The molecule has 0 spiro atoms. The van der Waals surface area contributed by atoms with Gasteiger partial charge in [-0.2, -0.15) is 4.31 Å². The molecule has 2 heterocycles. The second-order valence-electron chi connectivity index (χ2n) is 5.72. The lowest BCUT2D eigenvalue weighted by Crippen LogP contribution is -2.27. The number of rotatable bonds is 5. The molecular weight excluding hydrogens is 344 g/mol. The molecule has 1 N–H and O–H groups in total. The maximum atomic E-state index is 12.5. The number of hydrogen-bond donors (Lipinski definition) is 1. The molecule has 1 aliphatic heterocycles. The molecule has 0 atom stereocenters. The van der Waals surface area contributed by atoms with Gasteiger partial charge in [0.1, 0.15) is 5.56 Å². The highest BCUT2D eigenvalue weighted by atomic mass is 32.2. The van der Waals surface area contributed by atoms with Gasteiger partial charge in [-0.25, -0.2) is 18.2 Å². The Kier molecular flexibility index (Phi) is 4.73. The van der Waals surface area contributed by atoms with Crippen molar-refractivity contribution in [3.05, 3.63) is 42.1 Å². The number of benzene rings is 1. The maximum absolute atomic E-state index is 12.5. The van der Waals surface area contributed by atoms with Gasteiger partial charge >= 0.3 is 5.97 Å². The Morgan fingerprint density at radius 1 is 1.16 bits per heavy atom. The van der Waals surface area contributed by atoms with Crippen LogP contribution in [0.2, 0.25) is 0 Å². The average Bonchev–Trinajstić information content (AvgIpc) is 3.16. The quantitative estimate of drug-likeness (QED) is 0.876. The first kappa shape index (κ1) is 17.4. The van der Waals surface area contributed by atoms with Gasteiger partial charge < -0.3 is 9.84 Å². The van der Waals surface area contributed by atoms with Crippen molar-refractivity contribution in [2.45, 2.75) is 17.7 Å². The monoisotopic (exact) mass is 362 g/mol.